The number of anilines is 3. The fourth-order valence-electron chi connectivity index (χ4n) is 3.27. The Morgan fingerprint density at radius 1 is 0.676 bits per heavy atom. The Bertz CT molecular complexity index is 1660. The second-order valence-electron chi connectivity index (χ2n) is 7.70. The number of benzene rings is 4. The number of hydrogen-bond donors (Lipinski definition) is 3. The quantitative estimate of drug-likeness (QED) is 0.269. The van der Waals surface area contributed by atoms with Gasteiger partial charge in [0.15, 0.2) is 0 Å². The highest BCUT2D eigenvalue weighted by molar-refractivity contribution is 7.93. The number of sulfonamides is 2. The van der Waals surface area contributed by atoms with E-state index in [1.807, 2.05) is 0 Å². The molecule has 190 valence electrons. The van der Waals surface area contributed by atoms with Gasteiger partial charge in [0.05, 0.1) is 26.7 Å². The second kappa shape index (κ2) is 10.6. The van der Waals surface area contributed by atoms with Crippen LogP contribution < -0.4 is 14.8 Å². The van der Waals surface area contributed by atoms with Gasteiger partial charge in [-0.15, -0.1) is 0 Å². The Balaban J connectivity index is 1.50. The molecule has 12 heteroatoms. The summed E-state index contributed by atoms with van der Waals surface area (Å²) < 4.78 is 68.6. The molecule has 0 aromatic heterocycles. The minimum absolute atomic E-state index is 0.00856. The first kappa shape index (κ1) is 26.1. The molecule has 4 rings (SSSR count). The van der Waals surface area contributed by atoms with Gasteiger partial charge in [0, 0.05) is 10.7 Å². The SMILES string of the molecule is O=C(Nc1ccc(S(=O)(=O)Nc2cccc(Cl)c2)cc1)c1ccccc1NS(=O)(=O)c1ccc(F)cc1. The van der Waals surface area contributed by atoms with Crippen molar-refractivity contribution in [2.75, 3.05) is 14.8 Å². The van der Waals surface area contributed by atoms with E-state index in [4.69, 9.17) is 11.6 Å². The lowest BCUT2D eigenvalue weighted by Crippen LogP contribution is -2.18. The van der Waals surface area contributed by atoms with Gasteiger partial charge >= 0.3 is 0 Å². The average Bonchev–Trinajstić information content (AvgIpc) is 2.84. The normalized spacial score (nSPS) is 11.5. The molecule has 0 aliphatic rings. The standard InChI is InChI=1S/C25H19ClFN3O5S2/c26-17-4-3-5-20(16-17)29-36(32,33)22-14-10-19(11-15-22)28-25(31)23-6-1-2-7-24(23)30-37(34,35)21-12-8-18(27)9-13-21/h1-16,29-30H,(H,28,31). The summed E-state index contributed by atoms with van der Waals surface area (Å²) in [7, 11) is -7.99. The molecular weight excluding hydrogens is 541 g/mol. The molecule has 8 nitrogen and oxygen atoms in total. The van der Waals surface area contributed by atoms with Crippen LogP contribution in [0, 0.1) is 5.82 Å². The van der Waals surface area contributed by atoms with Gasteiger partial charge in [-0.2, -0.15) is 0 Å². The van der Waals surface area contributed by atoms with Crippen LogP contribution in [0.1, 0.15) is 10.4 Å². The molecule has 0 aliphatic carbocycles. The van der Waals surface area contributed by atoms with Gasteiger partial charge in [0.1, 0.15) is 5.82 Å². The van der Waals surface area contributed by atoms with Gasteiger partial charge in [0.25, 0.3) is 26.0 Å². The zero-order chi connectivity index (χ0) is 26.6. The van der Waals surface area contributed by atoms with Crippen LogP contribution in [0.4, 0.5) is 21.5 Å². The molecule has 4 aromatic carbocycles. The van der Waals surface area contributed by atoms with Crippen molar-refractivity contribution >= 4 is 54.6 Å². The maximum Gasteiger partial charge on any atom is 0.261 e. The first-order valence-corrected chi connectivity index (χ1v) is 14.0. The molecule has 0 aliphatic heterocycles. The van der Waals surface area contributed by atoms with Crippen LogP contribution in [0.25, 0.3) is 0 Å². The van der Waals surface area contributed by atoms with Crippen molar-refractivity contribution in [3.63, 3.8) is 0 Å². The van der Waals surface area contributed by atoms with Crippen molar-refractivity contribution in [3.8, 4) is 0 Å². The largest absolute Gasteiger partial charge is 0.322 e. The summed E-state index contributed by atoms with van der Waals surface area (Å²) in [4.78, 5) is 12.7. The van der Waals surface area contributed by atoms with Crippen LogP contribution >= 0.6 is 11.6 Å². The Hall–Kier alpha value is -3.93. The van der Waals surface area contributed by atoms with Gasteiger partial charge in [0.2, 0.25) is 0 Å². The van der Waals surface area contributed by atoms with E-state index >= 15 is 0 Å². The number of carbonyl (C=O) groups is 1. The smallest absolute Gasteiger partial charge is 0.261 e. The van der Waals surface area contributed by atoms with E-state index in [0.29, 0.717) is 10.7 Å². The van der Waals surface area contributed by atoms with Crippen LogP contribution in [0.2, 0.25) is 5.02 Å². The molecular formula is C25H19ClFN3O5S2. The fourth-order valence-corrected chi connectivity index (χ4v) is 5.59. The third-order valence-electron chi connectivity index (χ3n) is 5.04. The van der Waals surface area contributed by atoms with E-state index in [1.165, 1.54) is 42.5 Å². The van der Waals surface area contributed by atoms with Crippen molar-refractivity contribution in [2.45, 2.75) is 9.79 Å². The summed E-state index contributed by atoms with van der Waals surface area (Å²) in [6.07, 6.45) is 0. The lowest BCUT2D eigenvalue weighted by atomic mass is 10.1. The molecule has 1 amide bonds. The average molecular weight is 560 g/mol. The maximum atomic E-state index is 13.2. The minimum Gasteiger partial charge on any atom is -0.322 e. The number of carbonyl (C=O) groups excluding carboxylic acids is 1. The number of nitrogens with one attached hydrogen (secondary N) is 3. The molecule has 0 unspecified atom stereocenters. The molecule has 0 fully saturated rings. The van der Waals surface area contributed by atoms with E-state index in [2.05, 4.69) is 14.8 Å². The van der Waals surface area contributed by atoms with Crippen LogP contribution in [0.15, 0.2) is 107 Å². The van der Waals surface area contributed by atoms with Crippen LogP contribution in [-0.4, -0.2) is 22.7 Å². The lowest BCUT2D eigenvalue weighted by Gasteiger charge is -2.13. The summed E-state index contributed by atoms with van der Waals surface area (Å²) in [5, 5.41) is 2.99. The first-order chi connectivity index (χ1) is 17.5. The van der Waals surface area contributed by atoms with Gasteiger partial charge in [-0.3, -0.25) is 14.2 Å². The summed E-state index contributed by atoms with van der Waals surface area (Å²) in [5.41, 5.74) is 0.606. The Labute approximate surface area is 218 Å². The topological polar surface area (TPSA) is 121 Å². The zero-order valence-electron chi connectivity index (χ0n) is 18.9. The number of para-hydroxylation sites is 1. The molecule has 3 N–H and O–H groups in total. The monoisotopic (exact) mass is 559 g/mol. The van der Waals surface area contributed by atoms with Crippen molar-refractivity contribution in [1.29, 1.82) is 0 Å². The molecule has 0 radical (unpaired) electrons. The maximum absolute atomic E-state index is 13.2. The van der Waals surface area contributed by atoms with Crippen molar-refractivity contribution in [2.24, 2.45) is 0 Å². The van der Waals surface area contributed by atoms with E-state index in [1.54, 1.807) is 30.3 Å². The van der Waals surface area contributed by atoms with E-state index < -0.39 is 31.8 Å². The summed E-state index contributed by atoms with van der Waals surface area (Å²) in [6.45, 7) is 0. The highest BCUT2D eigenvalue weighted by Gasteiger charge is 2.19. The molecule has 0 bridgehead atoms. The predicted molar refractivity (Wildman–Crippen MR) is 140 cm³/mol. The Morgan fingerprint density at radius 2 is 1.27 bits per heavy atom. The van der Waals surface area contributed by atoms with Crippen LogP contribution in [0.5, 0.6) is 0 Å². The van der Waals surface area contributed by atoms with E-state index in [-0.39, 0.29) is 26.7 Å². The highest BCUT2D eigenvalue weighted by atomic mass is 35.5. The minimum atomic E-state index is -4.09. The molecule has 0 saturated carbocycles. The van der Waals surface area contributed by atoms with Gasteiger partial charge in [-0.05, 0) is 78.9 Å². The fraction of sp³-hybridized carbons (Fsp3) is 0. The number of rotatable bonds is 8. The zero-order valence-corrected chi connectivity index (χ0v) is 21.2. The first-order valence-electron chi connectivity index (χ1n) is 10.6. The molecule has 0 heterocycles. The Morgan fingerprint density at radius 3 is 1.92 bits per heavy atom. The third-order valence-corrected chi connectivity index (χ3v) is 8.05. The lowest BCUT2D eigenvalue weighted by molar-refractivity contribution is 0.102. The number of hydrogen-bond acceptors (Lipinski definition) is 5. The Kier molecular flexibility index (Phi) is 7.48. The van der Waals surface area contributed by atoms with Gasteiger partial charge in [-0.1, -0.05) is 29.8 Å². The summed E-state index contributed by atoms with van der Waals surface area (Å²) >= 11 is 5.90. The summed E-state index contributed by atoms with van der Waals surface area (Å²) in [5.74, 6) is -1.22. The molecule has 0 atom stereocenters. The summed E-state index contributed by atoms with van der Waals surface area (Å²) in [6, 6.07) is 21.8. The van der Waals surface area contributed by atoms with Gasteiger partial charge in [-0.25, -0.2) is 21.2 Å². The van der Waals surface area contributed by atoms with Crippen LogP contribution in [0.3, 0.4) is 0 Å². The molecule has 37 heavy (non-hydrogen) atoms. The van der Waals surface area contributed by atoms with Crippen molar-refractivity contribution < 1.29 is 26.0 Å². The number of halogens is 2. The predicted octanol–water partition coefficient (Wildman–Crippen LogP) is 5.33. The third kappa shape index (κ3) is 6.45. The van der Waals surface area contributed by atoms with E-state index in [9.17, 15) is 26.0 Å². The van der Waals surface area contributed by atoms with Crippen LogP contribution in [-0.2, 0) is 20.0 Å². The molecule has 4 aromatic rings. The number of amides is 1. The molecule has 0 spiro atoms. The molecule has 0 saturated heterocycles. The van der Waals surface area contributed by atoms with E-state index in [0.717, 1.165) is 24.3 Å². The van der Waals surface area contributed by atoms with Gasteiger partial charge < -0.3 is 5.32 Å². The van der Waals surface area contributed by atoms with Crippen molar-refractivity contribution in [1.82, 2.24) is 0 Å². The van der Waals surface area contributed by atoms with Crippen molar-refractivity contribution in [3.05, 3.63) is 113 Å². The highest BCUT2D eigenvalue weighted by Crippen LogP contribution is 2.24. The second-order valence-corrected chi connectivity index (χ2v) is 11.5.